The lowest BCUT2D eigenvalue weighted by molar-refractivity contribution is 0.103. The molecule has 1 amide bonds. The standard InChI is InChI=1S/C15H9ClN2O3S2/c16-13-4-3-12(23-13)14(19)18-15-17-9(6-22-15)8-1-2-10-11(5-8)21-7-20-10/h1-6H,7H2,(H,17,18,19). The molecule has 0 fully saturated rings. The number of nitrogens with zero attached hydrogens (tertiary/aromatic N) is 1. The van der Waals surface area contributed by atoms with Gasteiger partial charge < -0.3 is 9.47 Å². The average Bonchev–Trinajstić information content (AvgIpc) is 3.26. The summed E-state index contributed by atoms with van der Waals surface area (Å²) in [4.78, 5) is 17.1. The first-order chi connectivity index (χ1) is 11.2. The molecule has 8 heteroatoms. The number of amides is 1. The molecule has 0 atom stereocenters. The molecule has 1 aromatic carbocycles. The van der Waals surface area contributed by atoms with Crippen molar-refractivity contribution in [2.75, 3.05) is 12.1 Å². The fourth-order valence-electron chi connectivity index (χ4n) is 2.11. The van der Waals surface area contributed by atoms with Crippen LogP contribution in [0.5, 0.6) is 11.5 Å². The maximum absolute atomic E-state index is 12.1. The van der Waals surface area contributed by atoms with Crippen molar-refractivity contribution in [1.82, 2.24) is 4.98 Å². The van der Waals surface area contributed by atoms with Gasteiger partial charge in [0.25, 0.3) is 5.91 Å². The SMILES string of the molecule is O=C(Nc1nc(-c2ccc3c(c2)OCO3)cs1)c1ccc(Cl)s1. The highest BCUT2D eigenvalue weighted by atomic mass is 35.5. The van der Waals surface area contributed by atoms with E-state index in [-0.39, 0.29) is 12.7 Å². The lowest BCUT2D eigenvalue weighted by atomic mass is 10.1. The minimum Gasteiger partial charge on any atom is -0.454 e. The smallest absolute Gasteiger partial charge is 0.267 e. The number of rotatable bonds is 3. The second kappa shape index (κ2) is 5.84. The summed E-state index contributed by atoms with van der Waals surface area (Å²) in [6, 6.07) is 9.02. The fourth-order valence-corrected chi connectivity index (χ4v) is 3.77. The summed E-state index contributed by atoms with van der Waals surface area (Å²) in [6.45, 7) is 0.237. The first-order valence-electron chi connectivity index (χ1n) is 6.61. The van der Waals surface area contributed by atoms with Gasteiger partial charge in [0.15, 0.2) is 16.6 Å². The molecule has 3 aromatic rings. The third-order valence-electron chi connectivity index (χ3n) is 3.19. The van der Waals surface area contributed by atoms with Crippen molar-refractivity contribution in [2.45, 2.75) is 0 Å². The van der Waals surface area contributed by atoms with Crippen molar-refractivity contribution in [3.8, 4) is 22.8 Å². The summed E-state index contributed by atoms with van der Waals surface area (Å²) in [7, 11) is 0. The zero-order valence-electron chi connectivity index (χ0n) is 11.5. The van der Waals surface area contributed by atoms with E-state index in [4.69, 9.17) is 21.1 Å². The number of ether oxygens (including phenoxy) is 2. The van der Waals surface area contributed by atoms with Gasteiger partial charge in [-0.05, 0) is 30.3 Å². The van der Waals surface area contributed by atoms with E-state index in [0.29, 0.717) is 20.1 Å². The first kappa shape index (κ1) is 14.5. The number of anilines is 1. The van der Waals surface area contributed by atoms with Gasteiger partial charge in [-0.15, -0.1) is 22.7 Å². The predicted octanol–water partition coefficient (Wildman–Crippen LogP) is 4.51. The molecule has 1 aliphatic heterocycles. The Bertz CT molecular complexity index is 890. The molecular formula is C15H9ClN2O3S2. The van der Waals surface area contributed by atoms with E-state index in [0.717, 1.165) is 17.0 Å². The Morgan fingerprint density at radius 3 is 2.91 bits per heavy atom. The van der Waals surface area contributed by atoms with E-state index in [2.05, 4.69) is 10.3 Å². The van der Waals surface area contributed by atoms with Crippen molar-refractivity contribution in [1.29, 1.82) is 0 Å². The zero-order valence-corrected chi connectivity index (χ0v) is 13.9. The Morgan fingerprint density at radius 1 is 1.22 bits per heavy atom. The number of carbonyl (C=O) groups excluding carboxylic acids is 1. The van der Waals surface area contributed by atoms with Crippen LogP contribution in [0.25, 0.3) is 11.3 Å². The van der Waals surface area contributed by atoms with Crippen molar-refractivity contribution >= 4 is 45.3 Å². The molecule has 4 rings (SSSR count). The third-order valence-corrected chi connectivity index (χ3v) is 5.18. The van der Waals surface area contributed by atoms with Crippen LogP contribution in [0, 0.1) is 0 Å². The summed E-state index contributed by atoms with van der Waals surface area (Å²) >= 11 is 8.44. The molecule has 23 heavy (non-hydrogen) atoms. The molecule has 3 heterocycles. The van der Waals surface area contributed by atoms with Gasteiger partial charge in [-0.25, -0.2) is 4.98 Å². The van der Waals surface area contributed by atoms with Crippen LogP contribution >= 0.6 is 34.3 Å². The van der Waals surface area contributed by atoms with Crippen LogP contribution < -0.4 is 14.8 Å². The maximum Gasteiger partial charge on any atom is 0.267 e. The Morgan fingerprint density at radius 2 is 2.09 bits per heavy atom. The van der Waals surface area contributed by atoms with Gasteiger partial charge in [0.1, 0.15) is 0 Å². The van der Waals surface area contributed by atoms with Crippen LogP contribution in [0.15, 0.2) is 35.7 Å². The van der Waals surface area contributed by atoms with Crippen LogP contribution in [0.2, 0.25) is 4.34 Å². The number of hydrogen-bond donors (Lipinski definition) is 1. The van der Waals surface area contributed by atoms with E-state index >= 15 is 0 Å². The van der Waals surface area contributed by atoms with E-state index in [9.17, 15) is 4.79 Å². The topological polar surface area (TPSA) is 60.5 Å². The van der Waals surface area contributed by atoms with Gasteiger partial charge >= 0.3 is 0 Å². The second-order valence-corrected chi connectivity index (χ2v) is 7.24. The van der Waals surface area contributed by atoms with Crippen molar-refractivity contribution in [3.63, 3.8) is 0 Å². The molecule has 5 nitrogen and oxygen atoms in total. The third kappa shape index (κ3) is 2.90. The highest BCUT2D eigenvalue weighted by molar-refractivity contribution is 7.18. The number of benzene rings is 1. The van der Waals surface area contributed by atoms with Gasteiger partial charge in [-0.1, -0.05) is 11.6 Å². The molecule has 2 aromatic heterocycles. The summed E-state index contributed by atoms with van der Waals surface area (Å²) in [6.07, 6.45) is 0. The maximum atomic E-state index is 12.1. The van der Waals surface area contributed by atoms with Crippen molar-refractivity contribution < 1.29 is 14.3 Å². The van der Waals surface area contributed by atoms with E-state index in [1.807, 2.05) is 23.6 Å². The zero-order chi connectivity index (χ0) is 15.8. The van der Waals surface area contributed by atoms with E-state index < -0.39 is 0 Å². The van der Waals surface area contributed by atoms with Gasteiger partial charge in [0.2, 0.25) is 6.79 Å². The lowest BCUT2D eigenvalue weighted by Crippen LogP contribution is -2.09. The highest BCUT2D eigenvalue weighted by Gasteiger charge is 2.16. The number of aromatic nitrogens is 1. The molecule has 0 spiro atoms. The second-order valence-electron chi connectivity index (χ2n) is 4.66. The van der Waals surface area contributed by atoms with Crippen LogP contribution in [0.3, 0.4) is 0 Å². The quantitative estimate of drug-likeness (QED) is 0.743. The lowest BCUT2D eigenvalue weighted by Gasteiger charge is -2.00. The molecule has 0 bridgehead atoms. The number of hydrogen-bond acceptors (Lipinski definition) is 6. The van der Waals surface area contributed by atoms with E-state index in [1.165, 1.54) is 22.7 Å². The molecule has 0 unspecified atom stereocenters. The molecule has 1 aliphatic rings. The van der Waals surface area contributed by atoms with Gasteiger partial charge in [-0.2, -0.15) is 0 Å². The molecule has 0 saturated carbocycles. The van der Waals surface area contributed by atoms with Gasteiger partial charge in [0, 0.05) is 10.9 Å². The molecule has 0 saturated heterocycles. The van der Waals surface area contributed by atoms with Crippen LogP contribution in [-0.2, 0) is 0 Å². The number of carbonyl (C=O) groups is 1. The van der Waals surface area contributed by atoms with Crippen molar-refractivity contribution in [3.05, 3.63) is 44.9 Å². The van der Waals surface area contributed by atoms with E-state index in [1.54, 1.807) is 12.1 Å². The van der Waals surface area contributed by atoms with Crippen LogP contribution in [-0.4, -0.2) is 17.7 Å². The minimum atomic E-state index is -0.214. The number of fused-ring (bicyclic) bond motifs is 1. The summed E-state index contributed by atoms with van der Waals surface area (Å²) < 4.78 is 11.2. The Kier molecular flexibility index (Phi) is 3.68. The molecule has 1 N–H and O–H groups in total. The first-order valence-corrected chi connectivity index (χ1v) is 8.69. The molecular weight excluding hydrogens is 356 g/mol. The van der Waals surface area contributed by atoms with Crippen LogP contribution in [0.4, 0.5) is 5.13 Å². The van der Waals surface area contributed by atoms with Gasteiger partial charge in [-0.3, -0.25) is 10.1 Å². The number of thiazole rings is 1. The normalized spacial score (nSPS) is 12.4. The predicted molar refractivity (Wildman–Crippen MR) is 91.0 cm³/mol. The van der Waals surface area contributed by atoms with Crippen molar-refractivity contribution in [2.24, 2.45) is 0 Å². The highest BCUT2D eigenvalue weighted by Crippen LogP contribution is 2.36. The number of halogens is 1. The number of nitrogens with one attached hydrogen (secondary N) is 1. The summed E-state index contributed by atoms with van der Waals surface area (Å²) in [5.74, 6) is 1.22. The average molecular weight is 365 g/mol. The Hall–Kier alpha value is -2.09. The molecule has 116 valence electrons. The molecule has 0 radical (unpaired) electrons. The van der Waals surface area contributed by atoms with Gasteiger partial charge in [0.05, 0.1) is 14.9 Å². The Labute approximate surface area is 144 Å². The largest absolute Gasteiger partial charge is 0.454 e. The summed E-state index contributed by atoms with van der Waals surface area (Å²) in [5.41, 5.74) is 1.68. The Balaban J connectivity index is 1.54. The summed E-state index contributed by atoms with van der Waals surface area (Å²) in [5, 5.41) is 5.20. The minimum absolute atomic E-state index is 0.214. The van der Waals surface area contributed by atoms with Crippen LogP contribution in [0.1, 0.15) is 9.67 Å². The molecule has 0 aliphatic carbocycles. The fraction of sp³-hybridized carbons (Fsp3) is 0.0667. The number of thiophene rings is 1. The monoisotopic (exact) mass is 364 g/mol.